The summed E-state index contributed by atoms with van der Waals surface area (Å²) in [4.78, 5) is 15.4. The van der Waals surface area contributed by atoms with Gasteiger partial charge in [-0.15, -0.1) is 11.6 Å². The van der Waals surface area contributed by atoms with Crippen molar-refractivity contribution in [2.75, 3.05) is 17.7 Å². The fraction of sp³-hybridized carbons (Fsp3) is 0.545. The van der Waals surface area contributed by atoms with Gasteiger partial charge in [0, 0.05) is 18.5 Å². The van der Waals surface area contributed by atoms with E-state index in [9.17, 15) is 4.79 Å². The number of hydrogen-bond acceptors (Lipinski definition) is 4. The van der Waals surface area contributed by atoms with Gasteiger partial charge < -0.3 is 5.32 Å². The van der Waals surface area contributed by atoms with E-state index < -0.39 is 0 Å². The van der Waals surface area contributed by atoms with Crippen LogP contribution in [-0.4, -0.2) is 32.0 Å². The Labute approximate surface area is 109 Å². The maximum Gasteiger partial charge on any atom is 0.348 e. The first-order valence-electron chi connectivity index (χ1n) is 6.04. The molecule has 6 nitrogen and oxygen atoms in total. The molecule has 0 radical (unpaired) electrons. The standard InChI is InChI=1S/C11H16ClN5O/c12-5-3-1-2-4-6-13-9-7-10-15-16-11(18)17(10)8-14-9/h7-8,13H,1-6H2,(H,16,18). The predicted octanol–water partition coefficient (Wildman–Crippen LogP) is 1.63. The zero-order valence-electron chi connectivity index (χ0n) is 10.0. The Bertz CT molecular complexity index is 550. The van der Waals surface area contributed by atoms with Crippen LogP contribution in [0.2, 0.25) is 0 Å². The fourth-order valence-corrected chi connectivity index (χ4v) is 1.88. The molecular weight excluding hydrogens is 254 g/mol. The summed E-state index contributed by atoms with van der Waals surface area (Å²) in [5.41, 5.74) is 0.296. The van der Waals surface area contributed by atoms with Crippen molar-refractivity contribution in [2.45, 2.75) is 25.7 Å². The highest BCUT2D eigenvalue weighted by atomic mass is 35.5. The highest BCUT2D eigenvalue weighted by Crippen LogP contribution is 2.06. The molecule has 0 unspecified atom stereocenters. The fourth-order valence-electron chi connectivity index (χ4n) is 1.70. The van der Waals surface area contributed by atoms with Crippen LogP contribution in [0.5, 0.6) is 0 Å². The monoisotopic (exact) mass is 269 g/mol. The Kier molecular flexibility index (Phi) is 4.58. The lowest BCUT2D eigenvalue weighted by molar-refractivity contribution is 0.686. The third-order valence-electron chi connectivity index (χ3n) is 2.68. The Balaban J connectivity index is 1.83. The van der Waals surface area contributed by atoms with E-state index in [2.05, 4.69) is 20.5 Å². The number of rotatable bonds is 7. The van der Waals surface area contributed by atoms with E-state index in [1.54, 1.807) is 6.07 Å². The summed E-state index contributed by atoms with van der Waals surface area (Å²) in [5, 5.41) is 9.46. The first kappa shape index (κ1) is 12.9. The molecule has 0 saturated heterocycles. The molecule has 7 heteroatoms. The van der Waals surface area contributed by atoms with Crippen molar-refractivity contribution < 1.29 is 0 Å². The first-order valence-corrected chi connectivity index (χ1v) is 6.57. The van der Waals surface area contributed by atoms with Crippen molar-refractivity contribution in [3.05, 3.63) is 22.9 Å². The number of fused-ring (bicyclic) bond motifs is 1. The van der Waals surface area contributed by atoms with E-state index in [0.29, 0.717) is 5.65 Å². The van der Waals surface area contributed by atoms with Gasteiger partial charge in [-0.1, -0.05) is 12.8 Å². The highest BCUT2D eigenvalue weighted by Gasteiger charge is 2.01. The zero-order valence-corrected chi connectivity index (χ0v) is 10.8. The minimum absolute atomic E-state index is 0.273. The number of nitrogens with zero attached hydrogens (tertiary/aromatic N) is 3. The summed E-state index contributed by atoms with van der Waals surface area (Å²) in [6, 6.07) is 1.75. The molecule has 0 spiro atoms. The van der Waals surface area contributed by atoms with E-state index in [-0.39, 0.29) is 5.69 Å². The number of aromatic amines is 1. The predicted molar refractivity (Wildman–Crippen MR) is 71.3 cm³/mol. The van der Waals surface area contributed by atoms with E-state index >= 15 is 0 Å². The maximum atomic E-state index is 11.2. The lowest BCUT2D eigenvalue weighted by Gasteiger charge is -2.04. The third-order valence-corrected chi connectivity index (χ3v) is 2.94. The van der Waals surface area contributed by atoms with Gasteiger partial charge >= 0.3 is 5.69 Å². The summed E-state index contributed by atoms with van der Waals surface area (Å²) >= 11 is 5.60. The summed E-state index contributed by atoms with van der Waals surface area (Å²) in [7, 11) is 0. The molecule has 2 aromatic rings. The minimum Gasteiger partial charge on any atom is -0.370 e. The van der Waals surface area contributed by atoms with Crippen molar-refractivity contribution in [1.29, 1.82) is 0 Å². The van der Waals surface area contributed by atoms with Crippen molar-refractivity contribution in [3.8, 4) is 0 Å². The van der Waals surface area contributed by atoms with Crippen LogP contribution >= 0.6 is 11.6 Å². The van der Waals surface area contributed by atoms with Crippen LogP contribution in [0.3, 0.4) is 0 Å². The number of unbranched alkanes of at least 4 members (excludes halogenated alkanes) is 3. The molecule has 0 saturated carbocycles. The Morgan fingerprint density at radius 1 is 1.33 bits per heavy atom. The van der Waals surface area contributed by atoms with Gasteiger partial charge in [0.15, 0.2) is 5.65 Å². The average Bonchev–Trinajstić information content (AvgIpc) is 2.75. The number of alkyl halides is 1. The van der Waals surface area contributed by atoms with E-state index in [0.717, 1.165) is 43.9 Å². The van der Waals surface area contributed by atoms with Gasteiger partial charge in [-0.3, -0.25) is 0 Å². The number of H-pyrrole nitrogens is 1. The molecule has 0 aliphatic rings. The molecule has 0 aliphatic carbocycles. The molecule has 0 aliphatic heterocycles. The summed E-state index contributed by atoms with van der Waals surface area (Å²) in [6.07, 6.45) is 5.94. The van der Waals surface area contributed by atoms with Crippen molar-refractivity contribution in [1.82, 2.24) is 19.6 Å². The van der Waals surface area contributed by atoms with Gasteiger partial charge in [0.2, 0.25) is 0 Å². The molecule has 0 fully saturated rings. The van der Waals surface area contributed by atoms with E-state index in [4.69, 9.17) is 11.6 Å². The van der Waals surface area contributed by atoms with Crippen LogP contribution in [0.1, 0.15) is 25.7 Å². The second-order valence-electron chi connectivity index (χ2n) is 4.06. The second kappa shape index (κ2) is 6.39. The molecular formula is C11H16ClN5O. The largest absolute Gasteiger partial charge is 0.370 e. The Morgan fingerprint density at radius 2 is 2.17 bits per heavy atom. The number of nitrogens with one attached hydrogen (secondary N) is 2. The van der Waals surface area contributed by atoms with Crippen LogP contribution in [0, 0.1) is 0 Å². The van der Waals surface area contributed by atoms with Crippen molar-refractivity contribution >= 4 is 23.1 Å². The molecule has 2 heterocycles. The van der Waals surface area contributed by atoms with Gasteiger partial charge in [-0.25, -0.2) is 19.3 Å². The quantitative estimate of drug-likeness (QED) is 0.592. The van der Waals surface area contributed by atoms with E-state index in [1.165, 1.54) is 10.7 Å². The molecule has 18 heavy (non-hydrogen) atoms. The van der Waals surface area contributed by atoms with Crippen LogP contribution in [-0.2, 0) is 0 Å². The molecule has 2 aromatic heterocycles. The first-order chi connectivity index (χ1) is 8.81. The molecule has 2 rings (SSSR count). The maximum absolute atomic E-state index is 11.2. The number of anilines is 1. The molecule has 0 aromatic carbocycles. The lowest BCUT2D eigenvalue weighted by atomic mass is 10.2. The molecule has 2 N–H and O–H groups in total. The molecule has 0 atom stereocenters. The Morgan fingerprint density at radius 3 is 3.00 bits per heavy atom. The highest BCUT2D eigenvalue weighted by molar-refractivity contribution is 6.17. The van der Waals surface area contributed by atoms with Gasteiger partial charge in [0.05, 0.1) is 0 Å². The van der Waals surface area contributed by atoms with Gasteiger partial charge in [0.1, 0.15) is 12.1 Å². The Hall–Kier alpha value is -1.56. The lowest BCUT2D eigenvalue weighted by Crippen LogP contribution is -2.10. The zero-order chi connectivity index (χ0) is 12.8. The van der Waals surface area contributed by atoms with Gasteiger partial charge in [-0.2, -0.15) is 5.10 Å². The van der Waals surface area contributed by atoms with Crippen molar-refractivity contribution in [3.63, 3.8) is 0 Å². The van der Waals surface area contributed by atoms with Gasteiger partial charge in [0.25, 0.3) is 0 Å². The SMILES string of the molecule is O=c1[nH]nc2cc(NCCCCCCCl)ncn12. The number of halogens is 1. The summed E-state index contributed by atoms with van der Waals surface area (Å²) in [5.74, 6) is 1.47. The van der Waals surface area contributed by atoms with Crippen LogP contribution in [0.4, 0.5) is 5.82 Å². The average molecular weight is 270 g/mol. The summed E-state index contributed by atoms with van der Waals surface area (Å²) in [6.45, 7) is 0.861. The van der Waals surface area contributed by atoms with E-state index in [1.807, 2.05) is 0 Å². The molecule has 0 bridgehead atoms. The summed E-state index contributed by atoms with van der Waals surface area (Å²) < 4.78 is 1.37. The third kappa shape index (κ3) is 3.22. The van der Waals surface area contributed by atoms with Crippen molar-refractivity contribution in [2.24, 2.45) is 0 Å². The number of aromatic nitrogens is 4. The van der Waals surface area contributed by atoms with Crippen LogP contribution in [0.25, 0.3) is 5.65 Å². The minimum atomic E-state index is -0.273. The molecule has 0 amide bonds. The second-order valence-corrected chi connectivity index (χ2v) is 4.44. The van der Waals surface area contributed by atoms with Crippen LogP contribution in [0.15, 0.2) is 17.2 Å². The van der Waals surface area contributed by atoms with Crippen LogP contribution < -0.4 is 11.0 Å². The molecule has 98 valence electrons. The number of hydrogen-bond donors (Lipinski definition) is 2. The topological polar surface area (TPSA) is 75.1 Å². The van der Waals surface area contributed by atoms with Gasteiger partial charge in [-0.05, 0) is 12.8 Å². The normalized spacial score (nSPS) is 10.9. The smallest absolute Gasteiger partial charge is 0.348 e.